The summed E-state index contributed by atoms with van der Waals surface area (Å²) in [4.78, 5) is 29.7. The minimum absolute atomic E-state index is 0.324. The molecule has 3 N–H and O–H groups in total. The third-order valence-electron chi connectivity index (χ3n) is 6.29. The van der Waals surface area contributed by atoms with Crippen molar-refractivity contribution in [2.24, 2.45) is 5.41 Å². The Hall–Kier alpha value is -3.72. The second-order valence-corrected chi connectivity index (χ2v) is 10.6. The van der Waals surface area contributed by atoms with Crippen LogP contribution < -0.4 is 10.6 Å². The molecule has 0 saturated carbocycles. The number of benzene rings is 1. The van der Waals surface area contributed by atoms with Gasteiger partial charge in [0, 0.05) is 23.4 Å². The highest BCUT2D eigenvalue weighted by Gasteiger charge is 2.32. The Balaban J connectivity index is 1.66. The van der Waals surface area contributed by atoms with Crippen LogP contribution in [0.1, 0.15) is 52.5 Å². The van der Waals surface area contributed by atoms with Crippen molar-refractivity contribution in [3.63, 3.8) is 0 Å². The second kappa shape index (κ2) is 13.2. The predicted molar refractivity (Wildman–Crippen MR) is 147 cm³/mol. The average molecular weight is 522 g/mol. The first-order valence-electron chi connectivity index (χ1n) is 13.0. The first kappa shape index (κ1) is 28.8. The number of carbonyl (C=O) groups is 2. The van der Waals surface area contributed by atoms with Crippen molar-refractivity contribution >= 4 is 17.8 Å². The number of unbranched alkanes of at least 4 members (excludes halogenated alkanes) is 1. The predicted octanol–water partition coefficient (Wildman–Crippen LogP) is 4.95. The molecular weight excluding hydrogens is 482 g/mol. The lowest BCUT2D eigenvalue weighted by molar-refractivity contribution is -0.125. The zero-order chi connectivity index (χ0) is 27.7. The summed E-state index contributed by atoms with van der Waals surface area (Å²) in [7, 11) is 0. The third kappa shape index (κ3) is 8.41. The van der Waals surface area contributed by atoms with E-state index in [1.807, 2.05) is 71.1 Å². The van der Waals surface area contributed by atoms with Crippen LogP contribution in [0.15, 0.2) is 60.9 Å². The van der Waals surface area contributed by atoms with Crippen LogP contribution in [0.25, 0.3) is 11.3 Å². The van der Waals surface area contributed by atoms with Crippen molar-refractivity contribution in [3.8, 4) is 11.3 Å². The van der Waals surface area contributed by atoms with Gasteiger partial charge >= 0.3 is 6.09 Å². The molecule has 9 heteroatoms. The number of pyridine rings is 1. The Morgan fingerprint density at radius 1 is 1.11 bits per heavy atom. The van der Waals surface area contributed by atoms with Crippen molar-refractivity contribution in [2.45, 2.75) is 78.7 Å². The van der Waals surface area contributed by atoms with Gasteiger partial charge in [0.1, 0.15) is 11.9 Å². The summed E-state index contributed by atoms with van der Waals surface area (Å²) in [6.45, 7) is 10.3. The van der Waals surface area contributed by atoms with Gasteiger partial charge in [-0.25, -0.2) is 9.78 Å². The van der Waals surface area contributed by atoms with Crippen LogP contribution in [-0.2, 0) is 16.1 Å². The number of hydrogen-bond donors (Lipinski definition) is 3. The minimum atomic E-state index is -1.47. The van der Waals surface area contributed by atoms with Crippen molar-refractivity contribution in [3.05, 3.63) is 66.5 Å². The zero-order valence-corrected chi connectivity index (χ0v) is 22.8. The maximum absolute atomic E-state index is 13.0. The molecular formula is C29H39N5O4. The zero-order valence-electron chi connectivity index (χ0n) is 22.8. The van der Waals surface area contributed by atoms with Crippen molar-refractivity contribution in [1.29, 1.82) is 0 Å². The number of rotatable bonds is 11. The average Bonchev–Trinajstić information content (AvgIpc) is 3.34. The molecule has 3 atom stereocenters. The van der Waals surface area contributed by atoms with Crippen molar-refractivity contribution in [1.82, 2.24) is 20.1 Å². The Morgan fingerprint density at radius 2 is 1.84 bits per heavy atom. The molecule has 3 rings (SSSR count). The number of ether oxygens (including phenoxy) is 1. The summed E-state index contributed by atoms with van der Waals surface area (Å²) >= 11 is 0. The SMILES string of the molecule is CCCC[C@H](NC(=O)O[C@H](Cn1ccc(-c2ccc(C)cc2)n1)C(C)(C)C)[C@@H](O)C(=O)Nc1ccccn1. The molecule has 9 nitrogen and oxygen atoms in total. The first-order chi connectivity index (χ1) is 18.1. The third-order valence-corrected chi connectivity index (χ3v) is 6.29. The molecule has 1 aromatic carbocycles. The van der Waals surface area contributed by atoms with Gasteiger partial charge in [-0.05, 0) is 31.5 Å². The molecule has 0 bridgehead atoms. The van der Waals surface area contributed by atoms with Gasteiger partial charge in [0.05, 0.1) is 18.3 Å². The number of anilines is 1. The van der Waals surface area contributed by atoms with E-state index in [4.69, 9.17) is 4.74 Å². The van der Waals surface area contributed by atoms with Crippen molar-refractivity contribution in [2.75, 3.05) is 5.32 Å². The second-order valence-electron chi connectivity index (χ2n) is 10.6. The quantitative estimate of drug-likeness (QED) is 0.328. The van der Waals surface area contributed by atoms with Crippen LogP contribution in [0.5, 0.6) is 0 Å². The first-order valence-corrected chi connectivity index (χ1v) is 13.0. The number of carbonyl (C=O) groups excluding carboxylic acids is 2. The molecule has 0 radical (unpaired) electrons. The van der Waals surface area contributed by atoms with E-state index in [9.17, 15) is 14.7 Å². The fraction of sp³-hybridized carbons (Fsp3) is 0.448. The van der Waals surface area contributed by atoms with Gasteiger partial charge in [-0.2, -0.15) is 5.10 Å². The number of nitrogens with zero attached hydrogens (tertiary/aromatic N) is 3. The highest BCUT2D eigenvalue weighted by atomic mass is 16.6. The van der Waals surface area contributed by atoms with Gasteiger partial charge in [-0.1, -0.05) is 76.4 Å². The van der Waals surface area contributed by atoms with Crippen LogP contribution in [0, 0.1) is 12.3 Å². The lowest BCUT2D eigenvalue weighted by Gasteiger charge is -2.31. The van der Waals surface area contributed by atoms with E-state index in [0.717, 1.165) is 24.1 Å². The van der Waals surface area contributed by atoms with Gasteiger partial charge < -0.3 is 20.5 Å². The maximum Gasteiger partial charge on any atom is 0.407 e. The molecule has 2 amide bonds. The lowest BCUT2D eigenvalue weighted by atomic mass is 9.89. The number of nitrogens with one attached hydrogen (secondary N) is 2. The summed E-state index contributed by atoms with van der Waals surface area (Å²) in [5.41, 5.74) is 2.64. The number of aromatic nitrogens is 3. The van der Waals surface area contributed by atoms with Crippen molar-refractivity contribution < 1.29 is 19.4 Å². The van der Waals surface area contributed by atoms with E-state index >= 15 is 0 Å². The van der Waals surface area contributed by atoms with Crippen LogP contribution in [-0.4, -0.2) is 50.1 Å². The van der Waals surface area contributed by atoms with E-state index in [1.54, 1.807) is 29.1 Å². The van der Waals surface area contributed by atoms with Gasteiger partial charge in [0.15, 0.2) is 6.10 Å². The Kier molecular flexibility index (Phi) is 10.0. The van der Waals surface area contributed by atoms with Gasteiger partial charge in [-0.15, -0.1) is 0 Å². The Labute approximate surface area is 224 Å². The molecule has 0 aliphatic rings. The maximum atomic E-state index is 13.0. The molecule has 0 aliphatic carbocycles. The molecule has 0 fully saturated rings. The summed E-state index contributed by atoms with van der Waals surface area (Å²) < 4.78 is 7.61. The topological polar surface area (TPSA) is 118 Å². The lowest BCUT2D eigenvalue weighted by Crippen LogP contribution is -2.50. The minimum Gasteiger partial charge on any atom is -0.444 e. The summed E-state index contributed by atoms with van der Waals surface area (Å²) in [6, 6.07) is 14.3. The summed E-state index contributed by atoms with van der Waals surface area (Å²) in [5.74, 6) is -0.317. The normalized spacial score (nSPS) is 13.8. The summed E-state index contributed by atoms with van der Waals surface area (Å²) in [5, 5.41) is 20.7. The standard InChI is InChI=1S/C29H39N5O4/c1-6-7-10-23(26(35)27(36)32-25-11-8-9-17-30-25)31-28(37)38-24(29(3,4)5)19-34-18-16-22(33-34)21-14-12-20(2)13-15-21/h8-9,11-18,23-24,26,35H,6-7,10,19H2,1-5H3,(H,31,37)(H,30,32,36)/t23-,24+,26+/m0/s1. The van der Waals surface area contributed by atoms with Crippen LogP contribution in [0.4, 0.5) is 10.6 Å². The highest BCUT2D eigenvalue weighted by molar-refractivity contribution is 5.94. The number of aliphatic hydroxyl groups excluding tert-OH is 1. The molecule has 2 aromatic heterocycles. The number of aliphatic hydroxyl groups is 1. The molecule has 38 heavy (non-hydrogen) atoms. The Morgan fingerprint density at radius 3 is 2.47 bits per heavy atom. The highest BCUT2D eigenvalue weighted by Crippen LogP contribution is 2.25. The molecule has 0 spiro atoms. The van der Waals surface area contributed by atoms with Gasteiger partial charge in [-0.3, -0.25) is 9.48 Å². The molecule has 2 heterocycles. The van der Waals surface area contributed by atoms with Crippen LogP contribution >= 0.6 is 0 Å². The van der Waals surface area contributed by atoms with E-state index in [2.05, 4.69) is 20.7 Å². The van der Waals surface area contributed by atoms with E-state index in [1.165, 1.54) is 5.56 Å². The number of alkyl carbamates (subject to hydrolysis) is 1. The molecule has 0 aliphatic heterocycles. The molecule has 0 unspecified atom stereocenters. The van der Waals surface area contributed by atoms with E-state index in [-0.39, 0.29) is 5.41 Å². The molecule has 3 aromatic rings. The number of amides is 2. The Bertz CT molecular complexity index is 1170. The molecule has 0 saturated heterocycles. The van der Waals surface area contributed by atoms with Gasteiger partial charge in [0.2, 0.25) is 0 Å². The smallest absolute Gasteiger partial charge is 0.407 e. The fourth-order valence-corrected chi connectivity index (χ4v) is 3.87. The van der Waals surface area contributed by atoms with E-state index in [0.29, 0.717) is 18.8 Å². The van der Waals surface area contributed by atoms with Crippen LogP contribution in [0.2, 0.25) is 0 Å². The van der Waals surface area contributed by atoms with E-state index < -0.39 is 30.3 Å². The number of hydrogen-bond acceptors (Lipinski definition) is 6. The van der Waals surface area contributed by atoms with Crippen LogP contribution in [0.3, 0.4) is 0 Å². The summed E-state index contributed by atoms with van der Waals surface area (Å²) in [6.07, 6.45) is 2.72. The van der Waals surface area contributed by atoms with Gasteiger partial charge in [0.25, 0.3) is 5.91 Å². The largest absolute Gasteiger partial charge is 0.444 e. The number of aryl methyl sites for hydroxylation is 1. The fourth-order valence-electron chi connectivity index (χ4n) is 3.87. The monoisotopic (exact) mass is 521 g/mol. The molecule has 204 valence electrons.